The van der Waals surface area contributed by atoms with Crippen molar-refractivity contribution in [2.24, 2.45) is 11.8 Å². The van der Waals surface area contributed by atoms with Gasteiger partial charge in [0, 0.05) is 49.9 Å². The van der Waals surface area contributed by atoms with E-state index in [2.05, 4.69) is 35.0 Å². The van der Waals surface area contributed by atoms with Crippen LogP contribution in [0.15, 0.2) is 28.8 Å². The average Bonchev–Trinajstić information content (AvgIpc) is 3.01. The number of carbonyl (C=O) groups is 1. The molecule has 2 unspecified atom stereocenters. The summed E-state index contributed by atoms with van der Waals surface area (Å²) >= 11 is 0. The minimum Gasteiger partial charge on any atom is -0.491 e. The topological polar surface area (TPSA) is 65.6 Å². The first-order valence-corrected chi connectivity index (χ1v) is 9.13. The van der Waals surface area contributed by atoms with E-state index < -0.39 is 0 Å². The molecule has 6 nitrogen and oxygen atoms in total. The summed E-state index contributed by atoms with van der Waals surface area (Å²) in [6.45, 7) is 4.68. The number of pyridine rings is 1. The van der Waals surface area contributed by atoms with Crippen LogP contribution in [-0.2, 0) is 0 Å². The Hall–Kier alpha value is -2.08. The van der Waals surface area contributed by atoms with Crippen LogP contribution in [0.2, 0.25) is 0 Å². The number of aromatic amines is 1. The molecule has 1 aliphatic heterocycles. The number of allylic oxidation sites excluding steroid dienone is 1. The Morgan fingerprint density at radius 3 is 2.92 bits per heavy atom. The van der Waals surface area contributed by atoms with Gasteiger partial charge in [-0.1, -0.05) is 12.8 Å². The molecule has 0 bridgehead atoms. The molecule has 0 saturated heterocycles. The fourth-order valence-electron chi connectivity index (χ4n) is 4.08. The lowest BCUT2D eigenvalue weighted by Gasteiger charge is -2.38. The number of ether oxygens (including phenoxy) is 1. The van der Waals surface area contributed by atoms with E-state index in [1.165, 1.54) is 37.2 Å². The van der Waals surface area contributed by atoms with Crippen molar-refractivity contribution < 1.29 is 9.53 Å². The van der Waals surface area contributed by atoms with Crippen molar-refractivity contribution in [1.82, 2.24) is 15.0 Å². The highest BCUT2D eigenvalue weighted by Crippen LogP contribution is 2.38. The molecular formula is C19H27N3O3. The van der Waals surface area contributed by atoms with Crippen LogP contribution in [0.5, 0.6) is 5.75 Å². The van der Waals surface area contributed by atoms with Crippen LogP contribution >= 0.6 is 0 Å². The van der Waals surface area contributed by atoms with Gasteiger partial charge in [-0.15, -0.1) is 0 Å². The molecule has 1 aromatic rings. The van der Waals surface area contributed by atoms with E-state index in [9.17, 15) is 9.59 Å². The second-order valence-electron chi connectivity index (χ2n) is 6.88. The Bertz CT molecular complexity index is 697. The van der Waals surface area contributed by atoms with Crippen LogP contribution < -0.4 is 10.3 Å². The second kappa shape index (κ2) is 7.87. The summed E-state index contributed by atoms with van der Waals surface area (Å²) in [6.07, 6.45) is 9.27. The van der Waals surface area contributed by atoms with Crippen molar-refractivity contribution in [3.05, 3.63) is 40.0 Å². The Balaban J connectivity index is 1.72. The highest BCUT2D eigenvalue weighted by atomic mass is 16.5. The molecule has 0 radical (unpaired) electrons. The highest BCUT2D eigenvalue weighted by Gasteiger charge is 2.34. The molecule has 1 aliphatic carbocycles. The number of hydrazine groups is 1. The fourth-order valence-corrected chi connectivity index (χ4v) is 4.08. The molecule has 3 rings (SSSR count). The van der Waals surface area contributed by atoms with Crippen molar-refractivity contribution in [3.63, 3.8) is 0 Å². The third kappa shape index (κ3) is 3.79. The third-order valence-corrected chi connectivity index (χ3v) is 5.36. The lowest BCUT2D eigenvalue weighted by molar-refractivity contribution is 0.0459. The summed E-state index contributed by atoms with van der Waals surface area (Å²) < 4.78 is 5.95. The maximum absolute atomic E-state index is 11.3. The summed E-state index contributed by atoms with van der Waals surface area (Å²) in [5.74, 6) is 1.37. The number of nitrogens with zero attached hydrogens (tertiary/aromatic N) is 2. The lowest BCUT2D eigenvalue weighted by Crippen LogP contribution is -2.39. The van der Waals surface area contributed by atoms with Crippen molar-refractivity contribution in [2.45, 2.75) is 32.6 Å². The zero-order valence-corrected chi connectivity index (χ0v) is 15.0. The standard InChI is InChI=1S/C19H27N3O3/c1-3-22-17(8-9-21(22)2)16-7-5-4-6-14(16)13-25-18-11-20-19(24)10-15(18)12-23/h8,10-12,14,16H,3-7,9,13H2,1-2H3,(H,20,24). The monoisotopic (exact) mass is 345 g/mol. The predicted octanol–water partition coefficient (Wildman–Crippen LogP) is 2.44. The van der Waals surface area contributed by atoms with Gasteiger partial charge in [0.05, 0.1) is 12.2 Å². The molecule has 2 atom stereocenters. The molecule has 2 heterocycles. The number of nitrogens with one attached hydrogen (secondary N) is 1. The minimum atomic E-state index is -0.289. The van der Waals surface area contributed by atoms with Gasteiger partial charge in [-0.2, -0.15) is 0 Å². The molecule has 0 spiro atoms. The number of hydrogen-bond acceptors (Lipinski definition) is 5. The first kappa shape index (κ1) is 17.7. The van der Waals surface area contributed by atoms with Crippen LogP contribution in [0.3, 0.4) is 0 Å². The summed E-state index contributed by atoms with van der Waals surface area (Å²) in [5, 5.41) is 4.62. The van der Waals surface area contributed by atoms with Crippen LogP contribution in [0.1, 0.15) is 43.0 Å². The zero-order valence-electron chi connectivity index (χ0n) is 15.0. The number of carbonyl (C=O) groups excluding carboxylic acids is 1. The van der Waals surface area contributed by atoms with Crippen LogP contribution in [0.4, 0.5) is 0 Å². The van der Waals surface area contributed by atoms with Crippen LogP contribution in [0, 0.1) is 11.8 Å². The largest absolute Gasteiger partial charge is 0.491 e. The molecule has 1 aromatic heterocycles. The zero-order chi connectivity index (χ0) is 17.8. The van der Waals surface area contributed by atoms with Crippen molar-refractivity contribution in [2.75, 3.05) is 26.7 Å². The molecule has 0 amide bonds. The van der Waals surface area contributed by atoms with E-state index in [4.69, 9.17) is 4.74 Å². The van der Waals surface area contributed by atoms with E-state index in [-0.39, 0.29) is 5.56 Å². The molecule has 25 heavy (non-hydrogen) atoms. The van der Waals surface area contributed by atoms with Gasteiger partial charge in [0.2, 0.25) is 5.56 Å². The lowest BCUT2D eigenvalue weighted by atomic mass is 9.77. The van der Waals surface area contributed by atoms with Gasteiger partial charge in [0.15, 0.2) is 6.29 Å². The second-order valence-corrected chi connectivity index (χ2v) is 6.88. The van der Waals surface area contributed by atoms with E-state index in [1.807, 2.05) is 0 Å². The maximum atomic E-state index is 11.3. The quantitative estimate of drug-likeness (QED) is 0.802. The molecule has 1 N–H and O–H groups in total. The summed E-state index contributed by atoms with van der Waals surface area (Å²) in [6, 6.07) is 1.29. The first-order valence-electron chi connectivity index (χ1n) is 9.13. The normalized spacial score (nSPS) is 24.2. The Morgan fingerprint density at radius 2 is 2.16 bits per heavy atom. The molecular weight excluding hydrogens is 318 g/mol. The van der Waals surface area contributed by atoms with E-state index in [0.29, 0.717) is 36.0 Å². The molecule has 0 aromatic carbocycles. The maximum Gasteiger partial charge on any atom is 0.248 e. The van der Waals surface area contributed by atoms with Crippen LogP contribution in [-0.4, -0.2) is 48.0 Å². The van der Waals surface area contributed by atoms with Gasteiger partial charge in [-0.25, -0.2) is 5.01 Å². The van der Waals surface area contributed by atoms with Crippen molar-refractivity contribution in [3.8, 4) is 5.75 Å². The third-order valence-electron chi connectivity index (χ3n) is 5.36. The Labute approximate surface area is 148 Å². The predicted molar refractivity (Wildman–Crippen MR) is 96.5 cm³/mol. The van der Waals surface area contributed by atoms with Crippen LogP contribution in [0.25, 0.3) is 0 Å². The number of aromatic nitrogens is 1. The molecule has 6 heteroatoms. The van der Waals surface area contributed by atoms with Gasteiger partial charge in [0.1, 0.15) is 5.75 Å². The molecule has 1 fully saturated rings. The van der Waals surface area contributed by atoms with E-state index in [1.54, 1.807) is 0 Å². The van der Waals surface area contributed by atoms with Crippen molar-refractivity contribution in [1.29, 1.82) is 0 Å². The Kier molecular flexibility index (Phi) is 5.58. The summed E-state index contributed by atoms with van der Waals surface area (Å²) in [5.41, 5.74) is 1.43. The SMILES string of the molecule is CCN1C(C2CCCCC2COc2c[nH]c(=O)cc2C=O)=CCN1C. The smallest absolute Gasteiger partial charge is 0.248 e. The highest BCUT2D eigenvalue weighted by molar-refractivity contribution is 5.78. The average molecular weight is 345 g/mol. The van der Waals surface area contributed by atoms with Gasteiger partial charge >= 0.3 is 0 Å². The van der Waals surface area contributed by atoms with Gasteiger partial charge in [-0.3, -0.25) is 9.59 Å². The molecule has 136 valence electrons. The number of hydrogen-bond donors (Lipinski definition) is 1. The Morgan fingerprint density at radius 1 is 1.36 bits per heavy atom. The van der Waals surface area contributed by atoms with Gasteiger partial charge in [0.25, 0.3) is 0 Å². The van der Waals surface area contributed by atoms with E-state index >= 15 is 0 Å². The minimum absolute atomic E-state index is 0.289. The van der Waals surface area contributed by atoms with Gasteiger partial charge < -0.3 is 14.7 Å². The number of likely N-dealkylation sites (N-methyl/N-ethyl adjacent to an activating group) is 1. The summed E-state index contributed by atoms with van der Waals surface area (Å²) in [4.78, 5) is 25.1. The van der Waals surface area contributed by atoms with Gasteiger partial charge in [-0.05, 0) is 25.8 Å². The summed E-state index contributed by atoms with van der Waals surface area (Å²) in [7, 11) is 2.12. The van der Waals surface area contributed by atoms with Crippen molar-refractivity contribution >= 4 is 6.29 Å². The number of aldehydes is 1. The number of rotatable bonds is 6. The first-order chi connectivity index (χ1) is 12.1. The van der Waals surface area contributed by atoms with E-state index in [0.717, 1.165) is 19.5 Å². The number of H-pyrrole nitrogens is 1. The molecule has 1 saturated carbocycles. The fraction of sp³-hybridized carbons (Fsp3) is 0.579. The molecule has 2 aliphatic rings.